The van der Waals surface area contributed by atoms with Gasteiger partial charge in [0.05, 0.1) is 5.52 Å². The van der Waals surface area contributed by atoms with Crippen LogP contribution in [0.4, 0.5) is 5.82 Å². The first-order valence-corrected chi connectivity index (χ1v) is 7.76. The second-order valence-corrected chi connectivity index (χ2v) is 6.42. The number of aryl methyl sites for hydroxylation is 1. The maximum atomic E-state index is 6.10. The number of hydrogen-bond acceptors (Lipinski definition) is 4. The van der Waals surface area contributed by atoms with E-state index in [1.807, 2.05) is 0 Å². The number of methoxy groups -OCH3 is 1. The minimum Gasteiger partial charge on any atom is -0.382 e. The predicted molar refractivity (Wildman–Crippen MR) is 84.1 cm³/mol. The van der Waals surface area contributed by atoms with E-state index in [1.165, 1.54) is 24.8 Å². The quantitative estimate of drug-likeness (QED) is 0.906. The van der Waals surface area contributed by atoms with Crippen LogP contribution in [0, 0.1) is 5.92 Å². The molecule has 3 rings (SSSR count). The van der Waals surface area contributed by atoms with Crippen LogP contribution in [0.5, 0.6) is 0 Å². The number of nitrogens with zero attached hydrogens (tertiary/aromatic N) is 2. The Kier molecular flexibility index (Phi) is 3.85. The summed E-state index contributed by atoms with van der Waals surface area (Å²) in [6.07, 6.45) is 4.63. The topological polar surface area (TPSA) is 76.8 Å². The number of rotatable bonds is 4. The molecule has 0 aromatic carbocycles. The fourth-order valence-corrected chi connectivity index (χ4v) is 3.51. The molecule has 3 N–H and O–H groups in total. The van der Waals surface area contributed by atoms with Gasteiger partial charge in [0, 0.05) is 18.4 Å². The Balaban J connectivity index is 2.15. The average molecular weight is 288 g/mol. The van der Waals surface area contributed by atoms with Crippen molar-refractivity contribution in [3.05, 3.63) is 17.1 Å². The Morgan fingerprint density at radius 3 is 2.90 bits per heavy atom. The van der Waals surface area contributed by atoms with E-state index in [0.717, 1.165) is 29.0 Å². The first-order chi connectivity index (χ1) is 10.1. The molecule has 1 atom stereocenters. The van der Waals surface area contributed by atoms with Gasteiger partial charge in [-0.3, -0.25) is 0 Å². The highest BCUT2D eigenvalue weighted by Crippen LogP contribution is 2.39. The van der Waals surface area contributed by atoms with Gasteiger partial charge in [-0.1, -0.05) is 13.8 Å². The van der Waals surface area contributed by atoms with E-state index in [0.29, 0.717) is 24.3 Å². The molecule has 1 unspecified atom stereocenters. The number of nitrogens with one attached hydrogen (secondary N) is 1. The summed E-state index contributed by atoms with van der Waals surface area (Å²) in [5.41, 5.74) is 10.5. The molecule has 0 radical (unpaired) electrons. The fourth-order valence-electron chi connectivity index (χ4n) is 3.51. The van der Waals surface area contributed by atoms with E-state index in [2.05, 4.69) is 28.8 Å². The maximum Gasteiger partial charge on any atom is 0.151 e. The first kappa shape index (κ1) is 14.3. The van der Waals surface area contributed by atoms with Crippen LogP contribution in [0.3, 0.4) is 0 Å². The van der Waals surface area contributed by atoms with E-state index in [4.69, 9.17) is 10.5 Å². The molecule has 2 aromatic heterocycles. The van der Waals surface area contributed by atoms with Gasteiger partial charge in [0.25, 0.3) is 0 Å². The van der Waals surface area contributed by atoms with Crippen molar-refractivity contribution in [2.24, 2.45) is 5.92 Å². The molecule has 5 heteroatoms. The van der Waals surface area contributed by atoms with E-state index >= 15 is 0 Å². The van der Waals surface area contributed by atoms with Gasteiger partial charge in [0.15, 0.2) is 5.82 Å². The largest absolute Gasteiger partial charge is 0.382 e. The van der Waals surface area contributed by atoms with Gasteiger partial charge in [0.2, 0.25) is 0 Å². The Morgan fingerprint density at radius 2 is 2.19 bits per heavy atom. The van der Waals surface area contributed by atoms with Gasteiger partial charge < -0.3 is 15.5 Å². The molecule has 114 valence electrons. The van der Waals surface area contributed by atoms with Crippen LogP contribution in [0.25, 0.3) is 11.0 Å². The second-order valence-electron chi connectivity index (χ2n) is 6.42. The van der Waals surface area contributed by atoms with Crippen LogP contribution in [0.1, 0.15) is 56.1 Å². The van der Waals surface area contributed by atoms with Gasteiger partial charge in [0.1, 0.15) is 17.9 Å². The standard InChI is InChI=1S/C16H24N4O/c1-9(2)7-10-5-4-6-11-13(10)14-15(16(17)18-11)20-12(19-14)8-21-3/h9-10H,4-8H2,1-3H3,(H2,17,18)(H,19,20). The van der Waals surface area contributed by atoms with Gasteiger partial charge >= 0.3 is 0 Å². The molecule has 0 fully saturated rings. The summed E-state index contributed by atoms with van der Waals surface area (Å²) in [5.74, 6) is 2.59. The summed E-state index contributed by atoms with van der Waals surface area (Å²) in [4.78, 5) is 12.6. The average Bonchev–Trinajstić information content (AvgIpc) is 2.83. The van der Waals surface area contributed by atoms with E-state index in [-0.39, 0.29) is 0 Å². The van der Waals surface area contributed by atoms with Crippen LogP contribution in [0.2, 0.25) is 0 Å². The molecule has 0 spiro atoms. The minimum absolute atomic E-state index is 0.470. The molecule has 0 saturated heterocycles. The second kappa shape index (κ2) is 5.64. The number of pyridine rings is 1. The molecular weight excluding hydrogens is 264 g/mol. The molecule has 2 heterocycles. The zero-order chi connectivity index (χ0) is 15.0. The number of aromatic nitrogens is 3. The predicted octanol–water partition coefficient (Wildman–Crippen LogP) is 3.15. The highest BCUT2D eigenvalue weighted by atomic mass is 16.5. The van der Waals surface area contributed by atoms with Crippen molar-refractivity contribution in [2.45, 2.75) is 52.1 Å². The number of aromatic amines is 1. The van der Waals surface area contributed by atoms with Gasteiger partial charge in [-0.25, -0.2) is 9.97 Å². The number of nitrogens with two attached hydrogens (primary N) is 1. The third-order valence-electron chi connectivity index (χ3n) is 4.24. The number of fused-ring (bicyclic) bond motifs is 3. The maximum absolute atomic E-state index is 6.10. The summed E-state index contributed by atoms with van der Waals surface area (Å²) in [6, 6.07) is 0. The highest BCUT2D eigenvalue weighted by molar-refractivity contribution is 5.88. The van der Waals surface area contributed by atoms with Crippen molar-refractivity contribution in [3.8, 4) is 0 Å². The lowest BCUT2D eigenvalue weighted by atomic mass is 9.80. The van der Waals surface area contributed by atoms with Crippen LogP contribution in [0.15, 0.2) is 0 Å². The molecule has 0 bridgehead atoms. The van der Waals surface area contributed by atoms with Crippen molar-refractivity contribution >= 4 is 16.9 Å². The Hall–Kier alpha value is -1.62. The van der Waals surface area contributed by atoms with Gasteiger partial charge in [-0.2, -0.15) is 0 Å². The first-order valence-electron chi connectivity index (χ1n) is 7.76. The number of anilines is 1. The van der Waals surface area contributed by atoms with E-state index < -0.39 is 0 Å². The number of hydrogen-bond donors (Lipinski definition) is 2. The summed E-state index contributed by atoms with van der Waals surface area (Å²) < 4.78 is 5.18. The molecule has 21 heavy (non-hydrogen) atoms. The van der Waals surface area contributed by atoms with Crippen LogP contribution >= 0.6 is 0 Å². The van der Waals surface area contributed by atoms with Crippen molar-refractivity contribution in [1.82, 2.24) is 15.0 Å². The number of nitrogen functional groups attached to an aromatic ring is 1. The summed E-state index contributed by atoms with van der Waals surface area (Å²) in [7, 11) is 1.67. The molecule has 0 amide bonds. The van der Waals surface area contributed by atoms with Crippen LogP contribution in [-0.4, -0.2) is 22.1 Å². The van der Waals surface area contributed by atoms with Crippen molar-refractivity contribution in [3.63, 3.8) is 0 Å². The summed E-state index contributed by atoms with van der Waals surface area (Å²) >= 11 is 0. The zero-order valence-electron chi connectivity index (χ0n) is 13.1. The van der Waals surface area contributed by atoms with E-state index in [1.54, 1.807) is 7.11 Å². The highest BCUT2D eigenvalue weighted by Gasteiger charge is 2.27. The summed E-state index contributed by atoms with van der Waals surface area (Å²) in [6.45, 7) is 5.02. The number of imidazole rings is 1. The van der Waals surface area contributed by atoms with Gasteiger partial charge in [-0.15, -0.1) is 0 Å². The Bertz CT molecular complexity index is 647. The lowest BCUT2D eigenvalue weighted by Gasteiger charge is -2.26. The third kappa shape index (κ3) is 2.62. The molecule has 2 aromatic rings. The molecule has 1 aliphatic carbocycles. The van der Waals surface area contributed by atoms with Crippen molar-refractivity contribution < 1.29 is 4.74 Å². The third-order valence-corrected chi connectivity index (χ3v) is 4.24. The zero-order valence-corrected chi connectivity index (χ0v) is 13.1. The molecule has 0 saturated carbocycles. The lowest BCUT2D eigenvalue weighted by molar-refractivity contribution is 0.179. The summed E-state index contributed by atoms with van der Waals surface area (Å²) in [5, 5.41) is 0. The van der Waals surface area contributed by atoms with Crippen molar-refractivity contribution in [1.29, 1.82) is 0 Å². The van der Waals surface area contributed by atoms with Gasteiger partial charge in [-0.05, 0) is 37.5 Å². The lowest BCUT2D eigenvalue weighted by Crippen LogP contribution is -2.15. The molecular formula is C16H24N4O. The monoisotopic (exact) mass is 288 g/mol. The van der Waals surface area contributed by atoms with Crippen molar-refractivity contribution in [2.75, 3.05) is 12.8 Å². The normalized spacial score (nSPS) is 18.4. The fraction of sp³-hybridized carbons (Fsp3) is 0.625. The van der Waals surface area contributed by atoms with Crippen LogP contribution in [-0.2, 0) is 17.8 Å². The Labute approximate surface area is 125 Å². The number of ether oxygens (including phenoxy) is 1. The SMILES string of the molecule is COCc1nc2c(N)nc3c(c2[nH]1)C(CC(C)C)CCC3. The van der Waals surface area contributed by atoms with Crippen LogP contribution < -0.4 is 5.73 Å². The molecule has 1 aliphatic rings. The molecule has 5 nitrogen and oxygen atoms in total. The van der Waals surface area contributed by atoms with E-state index in [9.17, 15) is 0 Å². The molecule has 0 aliphatic heterocycles. The smallest absolute Gasteiger partial charge is 0.151 e. The Morgan fingerprint density at radius 1 is 1.38 bits per heavy atom. The number of H-pyrrole nitrogens is 1. The minimum atomic E-state index is 0.470.